The number of carbonyl (C=O) groups excluding carboxylic acids is 1. The fourth-order valence-electron chi connectivity index (χ4n) is 3.43. The third kappa shape index (κ3) is 3.24. The molecule has 0 saturated carbocycles. The van der Waals surface area contributed by atoms with Crippen LogP contribution < -0.4 is 0 Å². The largest absolute Gasteiger partial charge is 0.342 e. The van der Waals surface area contributed by atoms with Crippen LogP contribution in [0.25, 0.3) is 10.8 Å². The summed E-state index contributed by atoms with van der Waals surface area (Å²) < 4.78 is 4.68. The Labute approximate surface area is 145 Å². The molecule has 1 fully saturated rings. The first-order valence-corrected chi connectivity index (χ1v) is 8.61. The molecule has 0 unspecified atom stereocenters. The maximum absolute atomic E-state index is 12.6. The van der Waals surface area contributed by atoms with Crippen molar-refractivity contribution in [3.63, 3.8) is 0 Å². The third-order valence-electron chi connectivity index (χ3n) is 4.91. The number of carbonyl (C=O) groups is 1. The Bertz CT molecular complexity index is 905. The van der Waals surface area contributed by atoms with E-state index in [-0.39, 0.29) is 18.2 Å². The molecule has 6 nitrogen and oxygen atoms in total. The van der Waals surface area contributed by atoms with Crippen LogP contribution in [0.1, 0.15) is 35.8 Å². The van der Waals surface area contributed by atoms with Crippen LogP contribution in [0.3, 0.4) is 0 Å². The van der Waals surface area contributed by atoms with Crippen LogP contribution in [0.4, 0.5) is 0 Å². The number of aromatic nitrogens is 3. The first-order valence-electron chi connectivity index (χ1n) is 8.61. The van der Waals surface area contributed by atoms with E-state index in [0.29, 0.717) is 17.9 Å². The molecule has 128 valence electrons. The van der Waals surface area contributed by atoms with Crippen molar-refractivity contribution in [1.29, 1.82) is 0 Å². The summed E-state index contributed by atoms with van der Waals surface area (Å²) in [6.07, 6.45) is 4.21. The zero-order valence-corrected chi connectivity index (χ0v) is 14.2. The average Bonchev–Trinajstić information content (AvgIpc) is 3.06. The van der Waals surface area contributed by atoms with E-state index in [1.807, 2.05) is 23.2 Å². The molecule has 1 aromatic carbocycles. The molecule has 25 heavy (non-hydrogen) atoms. The molecule has 6 heteroatoms. The minimum absolute atomic E-state index is 0.0734. The number of amides is 1. The molecule has 1 aliphatic heterocycles. The van der Waals surface area contributed by atoms with E-state index in [1.165, 1.54) is 5.39 Å². The molecule has 0 N–H and O–H groups in total. The second-order valence-corrected chi connectivity index (χ2v) is 6.61. The Kier molecular flexibility index (Phi) is 4.17. The van der Waals surface area contributed by atoms with Crippen LogP contribution in [-0.2, 0) is 11.2 Å². The van der Waals surface area contributed by atoms with E-state index in [9.17, 15) is 4.79 Å². The maximum Gasteiger partial charge on any atom is 0.228 e. The van der Waals surface area contributed by atoms with Gasteiger partial charge in [0.05, 0.1) is 6.42 Å². The van der Waals surface area contributed by atoms with Gasteiger partial charge in [-0.25, -0.2) is 4.63 Å². The molecular formula is C19H20N4O2. The van der Waals surface area contributed by atoms with E-state index in [0.717, 1.165) is 30.5 Å². The number of aryl methyl sites for hydroxylation is 1. The van der Waals surface area contributed by atoms with E-state index in [1.54, 1.807) is 6.92 Å². The highest BCUT2D eigenvalue weighted by molar-refractivity contribution is 5.82. The van der Waals surface area contributed by atoms with Crippen molar-refractivity contribution in [2.24, 2.45) is 0 Å². The molecule has 1 aliphatic rings. The lowest BCUT2D eigenvalue weighted by Gasteiger charge is -2.32. The number of nitrogens with zero attached hydrogens (tertiary/aromatic N) is 4. The van der Waals surface area contributed by atoms with Gasteiger partial charge < -0.3 is 4.90 Å². The smallest absolute Gasteiger partial charge is 0.228 e. The summed E-state index contributed by atoms with van der Waals surface area (Å²) in [5.74, 6) is 0.350. The number of hydrogen-bond donors (Lipinski definition) is 0. The van der Waals surface area contributed by atoms with Crippen LogP contribution in [0.5, 0.6) is 0 Å². The number of piperidine rings is 1. The first-order chi connectivity index (χ1) is 12.2. The van der Waals surface area contributed by atoms with Crippen LogP contribution in [-0.4, -0.2) is 39.2 Å². The van der Waals surface area contributed by atoms with E-state index in [4.69, 9.17) is 0 Å². The Morgan fingerprint density at radius 2 is 2.12 bits per heavy atom. The number of benzene rings is 1. The maximum atomic E-state index is 12.6. The van der Waals surface area contributed by atoms with Crippen molar-refractivity contribution in [2.45, 2.75) is 32.1 Å². The quantitative estimate of drug-likeness (QED) is 0.735. The minimum Gasteiger partial charge on any atom is -0.342 e. The normalized spacial score (nSPS) is 17.8. The van der Waals surface area contributed by atoms with Gasteiger partial charge in [0.1, 0.15) is 11.4 Å². The summed E-state index contributed by atoms with van der Waals surface area (Å²) in [4.78, 5) is 19.2. The topological polar surface area (TPSA) is 72.1 Å². The third-order valence-corrected chi connectivity index (χ3v) is 4.91. The molecule has 2 aromatic heterocycles. The predicted molar refractivity (Wildman–Crippen MR) is 93.0 cm³/mol. The number of hydrogen-bond acceptors (Lipinski definition) is 5. The lowest BCUT2D eigenvalue weighted by Crippen LogP contribution is -2.40. The second-order valence-electron chi connectivity index (χ2n) is 6.61. The molecular weight excluding hydrogens is 316 g/mol. The minimum atomic E-state index is 0.0734. The van der Waals surface area contributed by atoms with Crippen molar-refractivity contribution < 1.29 is 9.42 Å². The molecule has 1 atom stereocenters. The van der Waals surface area contributed by atoms with Crippen molar-refractivity contribution in [3.05, 3.63) is 53.6 Å². The number of likely N-dealkylation sites (tertiary alicyclic amines) is 1. The van der Waals surface area contributed by atoms with Crippen molar-refractivity contribution in [1.82, 2.24) is 20.2 Å². The highest BCUT2D eigenvalue weighted by Gasteiger charge is 2.26. The zero-order chi connectivity index (χ0) is 17.2. The van der Waals surface area contributed by atoms with Gasteiger partial charge >= 0.3 is 0 Å². The monoisotopic (exact) mass is 336 g/mol. The SMILES string of the molecule is Cc1nonc1CC(=O)N1CCC[C@@H](c2cc3ccccc3cn2)C1. The van der Waals surface area contributed by atoms with Gasteiger partial charge in [0.15, 0.2) is 0 Å². The van der Waals surface area contributed by atoms with Crippen LogP contribution in [0, 0.1) is 6.92 Å². The Morgan fingerprint density at radius 3 is 2.92 bits per heavy atom. The van der Waals surface area contributed by atoms with Crippen molar-refractivity contribution >= 4 is 16.7 Å². The van der Waals surface area contributed by atoms with E-state index < -0.39 is 0 Å². The van der Waals surface area contributed by atoms with Crippen molar-refractivity contribution in [3.8, 4) is 0 Å². The molecule has 4 rings (SSSR count). The van der Waals surface area contributed by atoms with Crippen LogP contribution in [0.15, 0.2) is 41.2 Å². The number of pyridine rings is 1. The molecule has 0 spiro atoms. The summed E-state index contributed by atoms with van der Waals surface area (Å²) in [6, 6.07) is 10.4. The highest BCUT2D eigenvalue weighted by atomic mass is 16.6. The number of rotatable bonds is 3. The zero-order valence-electron chi connectivity index (χ0n) is 14.2. The first kappa shape index (κ1) is 15.7. The Hall–Kier alpha value is -2.76. The molecule has 1 amide bonds. The van der Waals surface area contributed by atoms with Crippen LogP contribution in [0.2, 0.25) is 0 Å². The Balaban J connectivity index is 1.49. The second kappa shape index (κ2) is 6.63. The van der Waals surface area contributed by atoms with Gasteiger partial charge in [-0.2, -0.15) is 0 Å². The van der Waals surface area contributed by atoms with E-state index in [2.05, 4.69) is 38.1 Å². The van der Waals surface area contributed by atoms with Gasteiger partial charge in [0, 0.05) is 36.3 Å². The van der Waals surface area contributed by atoms with Gasteiger partial charge in [-0.1, -0.05) is 34.6 Å². The summed E-state index contributed by atoms with van der Waals surface area (Å²) in [5.41, 5.74) is 2.37. The van der Waals surface area contributed by atoms with Gasteiger partial charge in [-0.05, 0) is 31.2 Å². The average molecular weight is 336 g/mol. The van der Waals surface area contributed by atoms with Crippen LogP contribution >= 0.6 is 0 Å². The lowest BCUT2D eigenvalue weighted by molar-refractivity contribution is -0.131. The lowest BCUT2D eigenvalue weighted by atomic mass is 9.93. The summed E-state index contributed by atoms with van der Waals surface area (Å²) >= 11 is 0. The molecule has 3 aromatic rings. The predicted octanol–water partition coefficient (Wildman–Crippen LogP) is 2.87. The van der Waals surface area contributed by atoms with Gasteiger partial charge in [0.2, 0.25) is 5.91 Å². The standard InChI is InChI=1S/C19H20N4O2/c1-13-17(22-25-21-13)10-19(24)23-8-4-7-16(12-23)18-9-14-5-2-3-6-15(14)11-20-18/h2-3,5-6,9,11,16H,4,7-8,10,12H2,1H3/t16-/m1/s1. The van der Waals surface area contributed by atoms with Crippen molar-refractivity contribution in [2.75, 3.05) is 13.1 Å². The fraction of sp³-hybridized carbons (Fsp3) is 0.368. The van der Waals surface area contributed by atoms with Gasteiger partial charge in [-0.3, -0.25) is 9.78 Å². The molecule has 0 bridgehead atoms. The van der Waals surface area contributed by atoms with Gasteiger partial charge in [-0.15, -0.1) is 0 Å². The molecule has 0 aliphatic carbocycles. The number of fused-ring (bicyclic) bond motifs is 1. The van der Waals surface area contributed by atoms with Gasteiger partial charge in [0.25, 0.3) is 0 Å². The Morgan fingerprint density at radius 1 is 1.28 bits per heavy atom. The molecule has 0 radical (unpaired) electrons. The van der Waals surface area contributed by atoms with E-state index >= 15 is 0 Å². The summed E-state index contributed by atoms with van der Waals surface area (Å²) in [6.45, 7) is 3.29. The summed E-state index contributed by atoms with van der Waals surface area (Å²) in [5, 5.41) is 9.89. The fourth-order valence-corrected chi connectivity index (χ4v) is 3.43. The highest BCUT2D eigenvalue weighted by Crippen LogP contribution is 2.28. The summed E-state index contributed by atoms with van der Waals surface area (Å²) in [7, 11) is 0. The molecule has 1 saturated heterocycles. The molecule has 3 heterocycles.